The Morgan fingerprint density at radius 3 is 2.85 bits per heavy atom. The Labute approximate surface area is 160 Å². The predicted octanol–water partition coefficient (Wildman–Crippen LogP) is 3.77. The highest BCUT2D eigenvalue weighted by atomic mass is 16.3. The molecular weight excluding hydrogens is 334 g/mol. The molecule has 140 valence electrons. The summed E-state index contributed by atoms with van der Waals surface area (Å²) >= 11 is 0. The highest BCUT2D eigenvalue weighted by Crippen LogP contribution is 2.38. The van der Waals surface area contributed by atoms with Gasteiger partial charge in [0.2, 0.25) is 0 Å². The van der Waals surface area contributed by atoms with Crippen LogP contribution in [0.15, 0.2) is 42.7 Å². The van der Waals surface area contributed by atoms with Crippen molar-refractivity contribution in [2.24, 2.45) is 0 Å². The molecule has 1 aromatic carbocycles. The molecule has 4 heteroatoms. The molecule has 2 atom stereocenters. The molecule has 2 unspecified atom stereocenters. The zero-order valence-electron chi connectivity index (χ0n) is 16.2. The smallest absolute Gasteiger partial charge is 0.105 e. The maximum atomic E-state index is 11.3. The first kappa shape index (κ1) is 17.0. The van der Waals surface area contributed by atoms with E-state index in [1.807, 2.05) is 19.1 Å². The van der Waals surface area contributed by atoms with Crippen LogP contribution in [0.5, 0.6) is 0 Å². The van der Waals surface area contributed by atoms with Gasteiger partial charge in [0.1, 0.15) is 5.60 Å². The van der Waals surface area contributed by atoms with E-state index in [-0.39, 0.29) is 0 Å². The number of rotatable bonds is 3. The van der Waals surface area contributed by atoms with Gasteiger partial charge in [0.15, 0.2) is 0 Å². The topological polar surface area (TPSA) is 41.3 Å². The van der Waals surface area contributed by atoms with Crippen molar-refractivity contribution in [3.63, 3.8) is 0 Å². The van der Waals surface area contributed by atoms with E-state index in [1.165, 1.54) is 47.1 Å². The maximum absolute atomic E-state index is 11.3. The number of hydrogen-bond acceptors (Lipinski definition) is 3. The molecule has 0 saturated carbocycles. The van der Waals surface area contributed by atoms with Crippen LogP contribution in [-0.4, -0.2) is 32.1 Å². The first-order chi connectivity index (χ1) is 13.0. The molecule has 2 aliphatic heterocycles. The van der Waals surface area contributed by atoms with Crippen molar-refractivity contribution in [1.29, 1.82) is 0 Å². The van der Waals surface area contributed by atoms with Crippen molar-refractivity contribution in [3.8, 4) is 0 Å². The number of aliphatic hydroxyl groups is 1. The summed E-state index contributed by atoms with van der Waals surface area (Å²) in [6, 6.07) is 11.2. The summed E-state index contributed by atoms with van der Waals surface area (Å²) < 4.78 is 2.39. The van der Waals surface area contributed by atoms with E-state index in [2.05, 4.69) is 39.6 Å². The second kappa shape index (κ2) is 6.18. The van der Waals surface area contributed by atoms with E-state index in [0.717, 1.165) is 18.5 Å². The minimum atomic E-state index is -0.930. The van der Waals surface area contributed by atoms with Crippen molar-refractivity contribution in [2.75, 3.05) is 6.54 Å². The molecular formula is C23H27N3O. The third-order valence-corrected chi connectivity index (χ3v) is 6.50. The first-order valence-electron chi connectivity index (χ1n) is 10.0. The van der Waals surface area contributed by atoms with Crippen LogP contribution < -0.4 is 0 Å². The fraction of sp³-hybridized carbons (Fsp3) is 0.435. The van der Waals surface area contributed by atoms with Gasteiger partial charge in [-0.25, -0.2) is 0 Å². The quantitative estimate of drug-likeness (QED) is 0.772. The van der Waals surface area contributed by atoms with Crippen LogP contribution in [0, 0.1) is 6.92 Å². The van der Waals surface area contributed by atoms with Crippen LogP contribution in [0.2, 0.25) is 0 Å². The molecule has 2 aromatic heterocycles. The minimum absolute atomic E-state index is 0.568. The summed E-state index contributed by atoms with van der Waals surface area (Å²) in [7, 11) is 0. The van der Waals surface area contributed by atoms with Gasteiger partial charge in [-0.2, -0.15) is 0 Å². The lowest BCUT2D eigenvalue weighted by Gasteiger charge is -2.32. The molecule has 3 aromatic rings. The number of hydrogen-bond donors (Lipinski definition) is 1. The lowest BCUT2D eigenvalue weighted by molar-refractivity contribution is 0.0381. The normalized spacial score (nSPS) is 21.8. The largest absolute Gasteiger partial charge is 0.384 e. The highest BCUT2D eigenvalue weighted by molar-refractivity contribution is 5.86. The van der Waals surface area contributed by atoms with Crippen molar-refractivity contribution < 1.29 is 5.11 Å². The predicted molar refractivity (Wildman–Crippen MR) is 108 cm³/mol. The fourth-order valence-electron chi connectivity index (χ4n) is 5.05. The van der Waals surface area contributed by atoms with Crippen LogP contribution in [0.1, 0.15) is 42.1 Å². The molecule has 0 radical (unpaired) electrons. The monoisotopic (exact) mass is 361 g/mol. The highest BCUT2D eigenvalue weighted by Gasteiger charge is 2.35. The number of benzene rings is 1. The second-order valence-corrected chi connectivity index (χ2v) is 8.51. The van der Waals surface area contributed by atoms with Gasteiger partial charge in [-0.3, -0.25) is 9.88 Å². The molecule has 0 spiro atoms. The number of aromatic nitrogens is 2. The van der Waals surface area contributed by atoms with Gasteiger partial charge in [0.25, 0.3) is 0 Å². The molecule has 0 amide bonds. The van der Waals surface area contributed by atoms with Crippen molar-refractivity contribution in [3.05, 3.63) is 65.1 Å². The van der Waals surface area contributed by atoms with Gasteiger partial charge in [-0.1, -0.05) is 11.6 Å². The Morgan fingerprint density at radius 1 is 1.22 bits per heavy atom. The van der Waals surface area contributed by atoms with Gasteiger partial charge in [0.05, 0.1) is 6.54 Å². The summed E-state index contributed by atoms with van der Waals surface area (Å²) in [5.74, 6) is 0. The summed E-state index contributed by atoms with van der Waals surface area (Å²) in [6.45, 7) is 6.91. The molecule has 0 aliphatic carbocycles. The van der Waals surface area contributed by atoms with E-state index >= 15 is 0 Å². The van der Waals surface area contributed by atoms with Gasteiger partial charge >= 0.3 is 0 Å². The van der Waals surface area contributed by atoms with Crippen LogP contribution in [0.25, 0.3) is 10.9 Å². The summed E-state index contributed by atoms with van der Waals surface area (Å²) in [5, 5.41) is 12.7. The average molecular weight is 361 g/mol. The Kier molecular flexibility index (Phi) is 3.88. The standard InChI is InChI=1S/C23H27N3O/c1-16-5-6-21-19(12-16)20-14-25-11-3-4-18(25)13-22(20)26(21)15-23(2,27)17-7-9-24-10-8-17/h5-10,12,18,27H,3-4,11,13-15H2,1-2H3. The lowest BCUT2D eigenvalue weighted by Crippen LogP contribution is -2.37. The SMILES string of the molecule is Cc1ccc2c(c1)c1c(n2CC(C)(O)c2ccncc2)CC2CCCN2C1. The molecule has 1 N–H and O–H groups in total. The third kappa shape index (κ3) is 2.79. The minimum Gasteiger partial charge on any atom is -0.384 e. The van der Waals surface area contributed by atoms with Gasteiger partial charge in [-0.05, 0) is 68.6 Å². The fourth-order valence-corrected chi connectivity index (χ4v) is 5.05. The number of nitrogens with zero attached hydrogens (tertiary/aromatic N) is 3. The average Bonchev–Trinajstić information content (AvgIpc) is 3.23. The Balaban J connectivity index is 1.64. The van der Waals surface area contributed by atoms with Crippen molar-refractivity contribution in [1.82, 2.24) is 14.5 Å². The van der Waals surface area contributed by atoms with E-state index in [1.54, 1.807) is 12.4 Å². The zero-order chi connectivity index (χ0) is 18.6. The molecule has 1 saturated heterocycles. The van der Waals surface area contributed by atoms with Crippen molar-refractivity contribution >= 4 is 10.9 Å². The molecule has 4 nitrogen and oxygen atoms in total. The first-order valence-corrected chi connectivity index (χ1v) is 10.0. The zero-order valence-corrected chi connectivity index (χ0v) is 16.2. The van der Waals surface area contributed by atoms with Gasteiger partial charge < -0.3 is 9.67 Å². The van der Waals surface area contributed by atoms with Gasteiger partial charge in [-0.15, -0.1) is 0 Å². The molecule has 4 heterocycles. The number of fused-ring (bicyclic) bond motifs is 4. The molecule has 2 aliphatic rings. The van der Waals surface area contributed by atoms with Gasteiger partial charge in [0, 0.05) is 48.0 Å². The molecule has 1 fully saturated rings. The maximum Gasteiger partial charge on any atom is 0.105 e. The van der Waals surface area contributed by atoms with E-state index in [9.17, 15) is 5.11 Å². The van der Waals surface area contributed by atoms with Crippen molar-refractivity contribution in [2.45, 2.75) is 57.8 Å². The third-order valence-electron chi connectivity index (χ3n) is 6.50. The Morgan fingerprint density at radius 2 is 2.04 bits per heavy atom. The second-order valence-electron chi connectivity index (χ2n) is 8.51. The van der Waals surface area contributed by atoms with Crippen LogP contribution in [0.3, 0.4) is 0 Å². The van der Waals surface area contributed by atoms with Crippen LogP contribution >= 0.6 is 0 Å². The van der Waals surface area contributed by atoms with E-state index in [0.29, 0.717) is 12.6 Å². The van der Waals surface area contributed by atoms with Crippen LogP contribution in [-0.2, 0) is 25.1 Å². The molecule has 5 rings (SSSR count). The van der Waals surface area contributed by atoms with Crippen LogP contribution in [0.4, 0.5) is 0 Å². The summed E-state index contributed by atoms with van der Waals surface area (Å²) in [5.41, 5.74) is 5.43. The van der Waals surface area contributed by atoms with E-state index < -0.39 is 5.60 Å². The summed E-state index contributed by atoms with van der Waals surface area (Å²) in [4.78, 5) is 6.75. The number of aryl methyl sites for hydroxylation is 1. The summed E-state index contributed by atoms with van der Waals surface area (Å²) in [6.07, 6.45) is 7.20. The number of pyridine rings is 1. The molecule has 0 bridgehead atoms. The lowest BCUT2D eigenvalue weighted by atomic mass is 9.96. The van der Waals surface area contributed by atoms with E-state index in [4.69, 9.17) is 0 Å². The Hall–Kier alpha value is -2.17. The molecule has 27 heavy (non-hydrogen) atoms. The Bertz CT molecular complexity index is 990.